The van der Waals surface area contributed by atoms with Gasteiger partial charge in [0.2, 0.25) is 0 Å². The third-order valence-corrected chi connectivity index (χ3v) is 5.23. The standard InChI is InChI=1S/C17H11Cl2FN2OS/c1-22-16(23)14(9-10-5-4-6-11(18)15(10)19)24-17(22)21-13-8-3-2-7-12(13)20/h2-9H,1H3/b14-9+,21-17?. The largest absolute Gasteiger partial charge is 0.290 e. The van der Waals surface area contributed by atoms with E-state index in [0.29, 0.717) is 25.7 Å². The van der Waals surface area contributed by atoms with Crippen molar-refractivity contribution in [2.24, 2.45) is 4.99 Å². The molecule has 7 heteroatoms. The predicted molar refractivity (Wildman–Crippen MR) is 98.3 cm³/mol. The fraction of sp³-hybridized carbons (Fsp3) is 0.0588. The molecule has 122 valence electrons. The van der Waals surface area contributed by atoms with Crippen molar-refractivity contribution in [2.75, 3.05) is 7.05 Å². The van der Waals surface area contributed by atoms with E-state index in [4.69, 9.17) is 23.2 Å². The Morgan fingerprint density at radius 1 is 1.17 bits per heavy atom. The maximum absolute atomic E-state index is 13.7. The summed E-state index contributed by atoms with van der Waals surface area (Å²) >= 11 is 13.3. The molecule has 2 aromatic carbocycles. The number of para-hydroxylation sites is 1. The smallest absolute Gasteiger partial charge is 0.266 e. The van der Waals surface area contributed by atoms with Gasteiger partial charge in [-0.25, -0.2) is 9.38 Å². The molecule has 0 bridgehead atoms. The van der Waals surface area contributed by atoms with Gasteiger partial charge in [0.25, 0.3) is 5.91 Å². The minimum Gasteiger partial charge on any atom is -0.290 e. The van der Waals surface area contributed by atoms with Crippen molar-refractivity contribution in [1.82, 2.24) is 4.90 Å². The summed E-state index contributed by atoms with van der Waals surface area (Å²) in [6.45, 7) is 0. The molecule has 0 aromatic heterocycles. The summed E-state index contributed by atoms with van der Waals surface area (Å²) in [6, 6.07) is 11.3. The minimum absolute atomic E-state index is 0.182. The number of aliphatic imine (C=N–C) groups is 1. The van der Waals surface area contributed by atoms with Crippen LogP contribution in [0.15, 0.2) is 52.4 Å². The lowest BCUT2D eigenvalue weighted by atomic mass is 10.2. The normalized spacial score (nSPS) is 18.0. The van der Waals surface area contributed by atoms with Crippen LogP contribution in [-0.4, -0.2) is 23.0 Å². The van der Waals surface area contributed by atoms with E-state index in [2.05, 4.69) is 4.99 Å². The van der Waals surface area contributed by atoms with Crippen molar-refractivity contribution in [3.05, 3.63) is 68.8 Å². The molecule has 1 aliphatic heterocycles. The molecule has 0 aliphatic carbocycles. The molecule has 0 N–H and O–H groups in total. The second-order valence-electron chi connectivity index (χ2n) is 4.96. The Bertz CT molecular complexity index is 883. The molecule has 1 aliphatic rings. The van der Waals surface area contributed by atoms with Crippen molar-refractivity contribution in [2.45, 2.75) is 0 Å². The van der Waals surface area contributed by atoms with E-state index in [0.717, 1.165) is 11.8 Å². The van der Waals surface area contributed by atoms with Crippen LogP contribution in [-0.2, 0) is 4.79 Å². The zero-order valence-corrected chi connectivity index (χ0v) is 14.8. The van der Waals surface area contributed by atoms with E-state index < -0.39 is 5.82 Å². The lowest BCUT2D eigenvalue weighted by Crippen LogP contribution is -2.23. The Morgan fingerprint density at radius 3 is 2.67 bits per heavy atom. The van der Waals surface area contributed by atoms with Crippen LogP contribution >= 0.6 is 35.0 Å². The zero-order chi connectivity index (χ0) is 17.3. The highest BCUT2D eigenvalue weighted by Crippen LogP contribution is 2.35. The van der Waals surface area contributed by atoms with E-state index in [1.807, 2.05) is 0 Å². The van der Waals surface area contributed by atoms with Crippen LogP contribution in [0.1, 0.15) is 5.56 Å². The monoisotopic (exact) mass is 380 g/mol. The first-order valence-corrected chi connectivity index (χ1v) is 8.49. The SMILES string of the molecule is CN1C(=O)/C(=C\c2cccc(Cl)c2Cl)SC1=Nc1ccccc1F. The van der Waals surface area contributed by atoms with Crippen molar-refractivity contribution in [1.29, 1.82) is 0 Å². The molecule has 2 aromatic rings. The number of benzene rings is 2. The molecule has 3 nitrogen and oxygen atoms in total. The zero-order valence-electron chi connectivity index (χ0n) is 12.5. The maximum atomic E-state index is 13.7. The van der Waals surface area contributed by atoms with E-state index in [1.54, 1.807) is 49.5 Å². The molecule has 1 saturated heterocycles. The highest BCUT2D eigenvalue weighted by molar-refractivity contribution is 8.18. The second-order valence-corrected chi connectivity index (χ2v) is 6.76. The van der Waals surface area contributed by atoms with Gasteiger partial charge in [-0.05, 0) is 41.6 Å². The van der Waals surface area contributed by atoms with E-state index in [1.165, 1.54) is 11.0 Å². The first-order chi connectivity index (χ1) is 11.5. The highest BCUT2D eigenvalue weighted by atomic mass is 35.5. The average molecular weight is 381 g/mol. The summed E-state index contributed by atoms with van der Waals surface area (Å²) in [6.07, 6.45) is 1.65. The second kappa shape index (κ2) is 6.97. The number of hydrogen-bond acceptors (Lipinski definition) is 3. The van der Waals surface area contributed by atoms with Crippen LogP contribution in [0.3, 0.4) is 0 Å². The van der Waals surface area contributed by atoms with Gasteiger partial charge in [0, 0.05) is 7.05 Å². The topological polar surface area (TPSA) is 32.7 Å². The van der Waals surface area contributed by atoms with Gasteiger partial charge < -0.3 is 0 Å². The van der Waals surface area contributed by atoms with Gasteiger partial charge in [-0.3, -0.25) is 9.69 Å². The number of amidine groups is 1. The predicted octanol–water partition coefficient (Wildman–Crippen LogP) is 5.37. The summed E-state index contributed by atoms with van der Waals surface area (Å²) in [7, 11) is 1.59. The molecule has 1 amide bonds. The van der Waals surface area contributed by atoms with E-state index in [-0.39, 0.29) is 11.6 Å². The Labute approximate surface area is 152 Å². The van der Waals surface area contributed by atoms with Crippen LogP contribution in [0.5, 0.6) is 0 Å². The third kappa shape index (κ3) is 3.34. The number of amides is 1. The summed E-state index contributed by atoms with van der Waals surface area (Å²) in [4.78, 5) is 18.4. The molecule has 0 spiro atoms. The summed E-state index contributed by atoms with van der Waals surface area (Å²) in [5, 5.41) is 1.19. The molecule has 0 radical (unpaired) electrons. The van der Waals surface area contributed by atoms with E-state index >= 15 is 0 Å². The Hall–Kier alpha value is -1.82. The molecule has 1 fully saturated rings. The summed E-state index contributed by atoms with van der Waals surface area (Å²) in [5.41, 5.74) is 0.822. The van der Waals surface area contributed by atoms with Gasteiger partial charge in [0.15, 0.2) is 5.17 Å². The number of halogens is 3. The molecule has 0 unspecified atom stereocenters. The van der Waals surface area contributed by atoms with Crippen molar-refractivity contribution < 1.29 is 9.18 Å². The number of rotatable bonds is 2. The van der Waals surface area contributed by atoms with Gasteiger partial charge >= 0.3 is 0 Å². The van der Waals surface area contributed by atoms with Crippen LogP contribution in [0.25, 0.3) is 6.08 Å². The van der Waals surface area contributed by atoms with Crippen molar-refractivity contribution in [3.8, 4) is 0 Å². The van der Waals surface area contributed by atoms with Crippen LogP contribution < -0.4 is 0 Å². The van der Waals surface area contributed by atoms with Gasteiger partial charge in [-0.15, -0.1) is 0 Å². The van der Waals surface area contributed by atoms with Crippen molar-refractivity contribution >= 4 is 57.8 Å². The Morgan fingerprint density at radius 2 is 1.92 bits per heavy atom. The highest BCUT2D eigenvalue weighted by Gasteiger charge is 2.30. The van der Waals surface area contributed by atoms with Gasteiger partial charge in [-0.2, -0.15) is 0 Å². The molecule has 1 heterocycles. The third-order valence-electron chi connectivity index (χ3n) is 3.34. The Balaban J connectivity index is 1.96. The molecule has 0 atom stereocenters. The number of carbonyl (C=O) groups excluding carboxylic acids is 1. The first kappa shape index (κ1) is 17.0. The number of thioether (sulfide) groups is 1. The van der Waals surface area contributed by atoms with Crippen molar-refractivity contribution in [3.63, 3.8) is 0 Å². The summed E-state index contributed by atoms with van der Waals surface area (Å²) in [5.74, 6) is -0.673. The maximum Gasteiger partial charge on any atom is 0.266 e. The fourth-order valence-corrected chi connectivity index (χ4v) is 3.40. The number of carbonyl (C=O) groups is 1. The van der Waals surface area contributed by atoms with Gasteiger partial charge in [0.05, 0.1) is 15.0 Å². The average Bonchev–Trinajstić information content (AvgIpc) is 2.82. The van der Waals surface area contributed by atoms with Crippen LogP contribution in [0.2, 0.25) is 10.0 Å². The lowest BCUT2D eigenvalue weighted by molar-refractivity contribution is -0.121. The molecular weight excluding hydrogens is 370 g/mol. The molecule has 24 heavy (non-hydrogen) atoms. The van der Waals surface area contributed by atoms with E-state index in [9.17, 15) is 9.18 Å². The first-order valence-electron chi connectivity index (χ1n) is 6.92. The summed E-state index contributed by atoms with van der Waals surface area (Å²) < 4.78 is 13.7. The lowest BCUT2D eigenvalue weighted by Gasteiger charge is -2.07. The molecule has 0 saturated carbocycles. The van der Waals surface area contributed by atoms with Crippen LogP contribution in [0, 0.1) is 5.82 Å². The molecule has 3 rings (SSSR count). The minimum atomic E-state index is -0.443. The van der Waals surface area contributed by atoms with Crippen LogP contribution in [0.4, 0.5) is 10.1 Å². The number of likely N-dealkylation sites (N-methyl/N-ethyl adjacent to an activating group) is 1. The fourth-order valence-electron chi connectivity index (χ4n) is 2.07. The quantitative estimate of drug-likeness (QED) is 0.656. The number of nitrogens with zero attached hydrogens (tertiary/aromatic N) is 2. The Kier molecular flexibility index (Phi) is 4.94. The molecular formula is C17H11Cl2FN2OS. The van der Waals surface area contributed by atoms with Gasteiger partial charge in [0.1, 0.15) is 11.5 Å². The van der Waals surface area contributed by atoms with Gasteiger partial charge in [-0.1, -0.05) is 47.5 Å². The number of hydrogen-bond donors (Lipinski definition) is 0.